The molecule has 0 aliphatic heterocycles. The van der Waals surface area contributed by atoms with Gasteiger partial charge >= 0.3 is 0 Å². The summed E-state index contributed by atoms with van der Waals surface area (Å²) in [4.78, 5) is 14.1. The van der Waals surface area contributed by atoms with Crippen molar-refractivity contribution in [2.75, 3.05) is 37.8 Å². The lowest BCUT2D eigenvalue weighted by Crippen LogP contribution is -2.21. The van der Waals surface area contributed by atoms with Crippen LogP contribution in [0.5, 0.6) is 0 Å². The van der Waals surface area contributed by atoms with Gasteiger partial charge in [0.05, 0.1) is 0 Å². The summed E-state index contributed by atoms with van der Waals surface area (Å²) in [6, 6.07) is 10.9. The highest BCUT2D eigenvalue weighted by atomic mass is 16.1. The van der Waals surface area contributed by atoms with E-state index in [4.69, 9.17) is 0 Å². The minimum Gasteiger partial charge on any atom is -0.367 e. The zero-order valence-corrected chi connectivity index (χ0v) is 13.1. The first kappa shape index (κ1) is 15.9. The zero-order chi connectivity index (χ0) is 15.9. The number of carbonyl (C=O) groups excluding carboxylic acids is 1. The molecule has 0 bridgehead atoms. The largest absolute Gasteiger partial charge is 0.367 e. The fourth-order valence-corrected chi connectivity index (χ4v) is 1.79. The van der Waals surface area contributed by atoms with E-state index >= 15 is 0 Å². The molecule has 1 heterocycles. The maximum atomic E-state index is 12.1. The van der Waals surface area contributed by atoms with Crippen LogP contribution in [-0.2, 0) is 0 Å². The molecule has 0 aliphatic carbocycles. The lowest BCUT2D eigenvalue weighted by Gasteiger charge is -2.10. The van der Waals surface area contributed by atoms with Crippen molar-refractivity contribution in [3.8, 4) is 0 Å². The first-order chi connectivity index (χ1) is 10.5. The molecule has 0 aliphatic rings. The van der Waals surface area contributed by atoms with Crippen LogP contribution >= 0.6 is 0 Å². The molecule has 0 fully saturated rings. The van der Waals surface area contributed by atoms with Crippen molar-refractivity contribution >= 4 is 17.5 Å². The molecule has 2 aromatic rings. The van der Waals surface area contributed by atoms with Gasteiger partial charge < -0.3 is 15.5 Å². The maximum absolute atomic E-state index is 12.1. The van der Waals surface area contributed by atoms with E-state index < -0.39 is 0 Å². The Morgan fingerprint density at radius 2 is 1.68 bits per heavy atom. The van der Waals surface area contributed by atoms with Crippen molar-refractivity contribution in [2.45, 2.75) is 6.92 Å². The molecule has 0 atom stereocenters. The highest BCUT2D eigenvalue weighted by Crippen LogP contribution is 2.09. The van der Waals surface area contributed by atoms with E-state index in [9.17, 15) is 4.79 Å². The average molecular weight is 299 g/mol. The molecule has 0 radical (unpaired) electrons. The Bertz CT molecular complexity index is 607. The Hall–Kier alpha value is -2.47. The van der Waals surface area contributed by atoms with E-state index in [1.807, 2.05) is 33.2 Å². The molecule has 1 aromatic carbocycles. The van der Waals surface area contributed by atoms with Gasteiger partial charge in [-0.2, -0.15) is 0 Å². The Kier molecular flexibility index (Phi) is 5.43. The second kappa shape index (κ2) is 7.51. The Balaban J connectivity index is 1.90. The van der Waals surface area contributed by atoms with Gasteiger partial charge in [0.25, 0.3) is 5.91 Å². The van der Waals surface area contributed by atoms with Crippen LogP contribution in [-0.4, -0.2) is 48.2 Å². The highest BCUT2D eigenvalue weighted by Gasteiger charge is 2.06. The number of aromatic nitrogens is 2. The SMILES string of the molecule is Cc1ccc(C(=O)Nc2ccc(NCCN(C)C)nn2)cc1. The third-order valence-corrected chi connectivity index (χ3v) is 3.09. The number of benzene rings is 1. The molecular weight excluding hydrogens is 278 g/mol. The fraction of sp³-hybridized carbons (Fsp3) is 0.312. The van der Waals surface area contributed by atoms with Crippen LogP contribution in [0.2, 0.25) is 0 Å². The Morgan fingerprint density at radius 1 is 1.05 bits per heavy atom. The number of amides is 1. The second-order valence-electron chi connectivity index (χ2n) is 5.35. The third kappa shape index (κ3) is 4.82. The summed E-state index contributed by atoms with van der Waals surface area (Å²) >= 11 is 0. The summed E-state index contributed by atoms with van der Waals surface area (Å²) in [7, 11) is 4.02. The van der Waals surface area contributed by atoms with E-state index in [2.05, 4.69) is 25.7 Å². The smallest absolute Gasteiger partial charge is 0.256 e. The summed E-state index contributed by atoms with van der Waals surface area (Å²) in [6.45, 7) is 3.68. The molecule has 0 saturated heterocycles. The summed E-state index contributed by atoms with van der Waals surface area (Å²) in [6.07, 6.45) is 0. The molecule has 6 nitrogen and oxygen atoms in total. The van der Waals surface area contributed by atoms with Crippen LogP contribution < -0.4 is 10.6 Å². The fourth-order valence-electron chi connectivity index (χ4n) is 1.79. The van der Waals surface area contributed by atoms with Gasteiger partial charge in [-0.3, -0.25) is 4.79 Å². The van der Waals surface area contributed by atoms with Gasteiger partial charge in [-0.1, -0.05) is 17.7 Å². The summed E-state index contributed by atoms with van der Waals surface area (Å²) < 4.78 is 0. The number of aryl methyl sites for hydroxylation is 1. The first-order valence-corrected chi connectivity index (χ1v) is 7.15. The molecule has 22 heavy (non-hydrogen) atoms. The second-order valence-corrected chi connectivity index (χ2v) is 5.35. The Labute approximate surface area is 130 Å². The van der Waals surface area contributed by atoms with Gasteiger partial charge in [0.2, 0.25) is 0 Å². The van der Waals surface area contributed by atoms with Crippen molar-refractivity contribution in [3.05, 3.63) is 47.5 Å². The summed E-state index contributed by atoms with van der Waals surface area (Å²) in [5, 5.41) is 13.9. The maximum Gasteiger partial charge on any atom is 0.256 e. The predicted octanol–water partition coefficient (Wildman–Crippen LogP) is 2.01. The number of rotatable bonds is 6. The standard InChI is InChI=1S/C16H21N5O/c1-12-4-6-13(7-5-12)16(22)18-15-9-8-14(19-20-15)17-10-11-21(2)3/h4-9H,10-11H2,1-3H3,(H,17,19)(H,18,20,22). The number of nitrogens with one attached hydrogen (secondary N) is 2. The van der Waals surface area contributed by atoms with Crippen molar-refractivity contribution in [2.24, 2.45) is 0 Å². The minimum atomic E-state index is -0.192. The molecule has 2 N–H and O–H groups in total. The number of nitrogens with zero attached hydrogens (tertiary/aromatic N) is 3. The lowest BCUT2D eigenvalue weighted by atomic mass is 10.1. The highest BCUT2D eigenvalue weighted by molar-refractivity contribution is 6.03. The molecule has 116 valence electrons. The first-order valence-electron chi connectivity index (χ1n) is 7.15. The quantitative estimate of drug-likeness (QED) is 0.854. The average Bonchev–Trinajstić information content (AvgIpc) is 2.49. The van der Waals surface area contributed by atoms with Crippen molar-refractivity contribution in [3.63, 3.8) is 0 Å². The molecule has 1 aromatic heterocycles. The zero-order valence-electron chi connectivity index (χ0n) is 13.1. The van der Waals surface area contributed by atoms with Gasteiger partial charge in [-0.25, -0.2) is 0 Å². The van der Waals surface area contributed by atoms with Crippen LogP contribution in [0.3, 0.4) is 0 Å². The van der Waals surface area contributed by atoms with Gasteiger partial charge in [0, 0.05) is 18.7 Å². The number of likely N-dealkylation sites (N-methyl/N-ethyl adjacent to an activating group) is 1. The van der Waals surface area contributed by atoms with Gasteiger partial charge in [0.15, 0.2) is 5.82 Å². The number of carbonyl (C=O) groups is 1. The molecular formula is C16H21N5O. The molecule has 0 unspecified atom stereocenters. The lowest BCUT2D eigenvalue weighted by molar-refractivity contribution is 0.102. The van der Waals surface area contributed by atoms with E-state index in [0.717, 1.165) is 18.7 Å². The van der Waals surface area contributed by atoms with E-state index in [1.165, 1.54) is 0 Å². The summed E-state index contributed by atoms with van der Waals surface area (Å²) in [5.41, 5.74) is 1.71. The van der Waals surface area contributed by atoms with E-state index in [0.29, 0.717) is 17.2 Å². The number of hydrogen-bond acceptors (Lipinski definition) is 5. The Morgan fingerprint density at radius 3 is 2.27 bits per heavy atom. The van der Waals surface area contributed by atoms with Crippen molar-refractivity contribution in [1.82, 2.24) is 15.1 Å². The predicted molar refractivity (Wildman–Crippen MR) is 88.2 cm³/mol. The van der Waals surface area contributed by atoms with Gasteiger partial charge in [-0.15, -0.1) is 10.2 Å². The number of anilines is 2. The van der Waals surface area contributed by atoms with E-state index in [-0.39, 0.29) is 5.91 Å². The normalized spacial score (nSPS) is 10.5. The minimum absolute atomic E-state index is 0.192. The van der Waals surface area contributed by atoms with Crippen LogP contribution in [0.25, 0.3) is 0 Å². The topological polar surface area (TPSA) is 70.2 Å². The van der Waals surface area contributed by atoms with Gasteiger partial charge in [-0.05, 0) is 45.3 Å². The monoisotopic (exact) mass is 299 g/mol. The van der Waals surface area contributed by atoms with Crippen molar-refractivity contribution < 1.29 is 4.79 Å². The van der Waals surface area contributed by atoms with Gasteiger partial charge in [0.1, 0.15) is 5.82 Å². The molecule has 0 saturated carbocycles. The summed E-state index contributed by atoms with van der Waals surface area (Å²) in [5.74, 6) is 0.932. The molecule has 6 heteroatoms. The third-order valence-electron chi connectivity index (χ3n) is 3.09. The molecule has 0 spiro atoms. The van der Waals surface area contributed by atoms with Crippen molar-refractivity contribution in [1.29, 1.82) is 0 Å². The molecule has 1 amide bonds. The van der Waals surface area contributed by atoms with Crippen LogP contribution in [0, 0.1) is 6.92 Å². The molecule has 2 rings (SSSR count). The van der Waals surface area contributed by atoms with Crippen LogP contribution in [0.4, 0.5) is 11.6 Å². The van der Waals surface area contributed by atoms with E-state index in [1.54, 1.807) is 24.3 Å². The van der Waals surface area contributed by atoms with Crippen LogP contribution in [0.1, 0.15) is 15.9 Å². The number of hydrogen-bond donors (Lipinski definition) is 2. The van der Waals surface area contributed by atoms with Crippen LogP contribution in [0.15, 0.2) is 36.4 Å².